The van der Waals surface area contributed by atoms with Crippen LogP contribution in [0.1, 0.15) is 5.56 Å². The highest BCUT2D eigenvalue weighted by atomic mass is 16.4. The van der Waals surface area contributed by atoms with Crippen molar-refractivity contribution >= 4 is 12.0 Å². The maximum Gasteiger partial charge on any atom is 0.0999 e. The largest absolute Gasteiger partial charge is 0.545 e. The van der Waals surface area contributed by atoms with Crippen LogP contribution < -0.4 is 5.11 Å². The minimum atomic E-state index is -1.23. The van der Waals surface area contributed by atoms with Gasteiger partial charge in [0.25, 0.3) is 0 Å². The molecule has 0 spiro atoms. The van der Waals surface area contributed by atoms with E-state index in [2.05, 4.69) is 5.10 Å². The van der Waals surface area contributed by atoms with E-state index in [4.69, 9.17) is 0 Å². The molecule has 3 aromatic rings. The van der Waals surface area contributed by atoms with Gasteiger partial charge in [-0.3, -0.25) is 0 Å². The van der Waals surface area contributed by atoms with E-state index in [1.807, 2.05) is 60.7 Å². The van der Waals surface area contributed by atoms with Crippen molar-refractivity contribution in [2.45, 2.75) is 0 Å². The molecule has 22 heavy (non-hydrogen) atoms. The molecule has 0 aliphatic heterocycles. The highest BCUT2D eigenvalue weighted by Crippen LogP contribution is 2.24. The number of benzene rings is 2. The molecule has 0 unspecified atom stereocenters. The normalized spacial score (nSPS) is 10.9. The van der Waals surface area contributed by atoms with Gasteiger partial charge < -0.3 is 9.90 Å². The first-order valence-electron chi connectivity index (χ1n) is 6.83. The zero-order valence-electron chi connectivity index (χ0n) is 11.7. The van der Waals surface area contributed by atoms with E-state index < -0.39 is 5.97 Å². The Morgan fingerprint density at radius 3 is 2.27 bits per heavy atom. The monoisotopic (exact) mass is 289 g/mol. The summed E-state index contributed by atoms with van der Waals surface area (Å²) < 4.78 is 1.73. The van der Waals surface area contributed by atoms with Crippen LogP contribution in [0.15, 0.2) is 72.9 Å². The Morgan fingerprint density at radius 1 is 1.00 bits per heavy atom. The lowest BCUT2D eigenvalue weighted by Crippen LogP contribution is -2.18. The lowest BCUT2D eigenvalue weighted by molar-refractivity contribution is -0.297. The highest BCUT2D eigenvalue weighted by molar-refractivity contribution is 5.85. The lowest BCUT2D eigenvalue weighted by atomic mass is 10.1. The Kier molecular flexibility index (Phi) is 3.83. The van der Waals surface area contributed by atoms with Crippen molar-refractivity contribution in [3.05, 3.63) is 78.5 Å². The molecule has 108 valence electrons. The first-order chi connectivity index (χ1) is 10.7. The third-order valence-electron chi connectivity index (χ3n) is 3.21. The predicted molar refractivity (Wildman–Crippen MR) is 83.0 cm³/mol. The van der Waals surface area contributed by atoms with Crippen LogP contribution in [0.25, 0.3) is 23.0 Å². The smallest absolute Gasteiger partial charge is 0.0999 e. The van der Waals surface area contributed by atoms with E-state index in [9.17, 15) is 9.90 Å². The first kappa shape index (κ1) is 13.8. The molecule has 0 atom stereocenters. The van der Waals surface area contributed by atoms with Crippen molar-refractivity contribution in [3.8, 4) is 16.9 Å². The number of carbonyl (C=O) groups is 1. The number of hydrogen-bond donors (Lipinski definition) is 0. The van der Waals surface area contributed by atoms with E-state index in [0.29, 0.717) is 0 Å². The molecule has 0 bridgehead atoms. The van der Waals surface area contributed by atoms with Gasteiger partial charge in [-0.1, -0.05) is 48.5 Å². The molecular formula is C18H13N2O2-. The van der Waals surface area contributed by atoms with Gasteiger partial charge in [0.05, 0.1) is 17.4 Å². The third kappa shape index (κ3) is 2.96. The van der Waals surface area contributed by atoms with Gasteiger partial charge >= 0.3 is 0 Å². The molecule has 0 aliphatic carbocycles. The number of carbonyl (C=O) groups excluding carboxylic acids is 1. The number of carboxylic acid groups (broad SMARTS) is 1. The molecule has 1 aromatic heterocycles. The van der Waals surface area contributed by atoms with E-state index in [0.717, 1.165) is 28.6 Å². The summed E-state index contributed by atoms with van der Waals surface area (Å²) in [5.74, 6) is -1.23. The number of aromatic nitrogens is 2. The van der Waals surface area contributed by atoms with Crippen LogP contribution in [0, 0.1) is 0 Å². The van der Waals surface area contributed by atoms with Gasteiger partial charge in [-0.15, -0.1) is 0 Å². The van der Waals surface area contributed by atoms with E-state index in [1.54, 1.807) is 10.9 Å². The minimum Gasteiger partial charge on any atom is -0.545 e. The summed E-state index contributed by atoms with van der Waals surface area (Å²) in [6.45, 7) is 0. The Labute approximate surface area is 128 Å². The molecule has 0 aliphatic rings. The Hall–Kier alpha value is -3.14. The van der Waals surface area contributed by atoms with Gasteiger partial charge in [0.2, 0.25) is 0 Å². The molecule has 1 heterocycles. The second-order valence-corrected chi connectivity index (χ2v) is 4.73. The minimum absolute atomic E-state index is 0.722. The van der Waals surface area contributed by atoms with Crippen LogP contribution in [0.3, 0.4) is 0 Å². The number of nitrogens with zero attached hydrogens (tertiary/aromatic N) is 2. The molecule has 0 saturated carbocycles. The van der Waals surface area contributed by atoms with Crippen molar-refractivity contribution in [2.75, 3.05) is 0 Å². The molecule has 2 aromatic carbocycles. The topological polar surface area (TPSA) is 57.9 Å². The predicted octanol–water partition coefficient (Wildman–Crippen LogP) is 2.30. The van der Waals surface area contributed by atoms with Crippen molar-refractivity contribution < 1.29 is 9.90 Å². The zero-order valence-corrected chi connectivity index (χ0v) is 11.7. The quantitative estimate of drug-likeness (QED) is 0.692. The summed E-state index contributed by atoms with van der Waals surface area (Å²) in [5, 5.41) is 15.3. The second kappa shape index (κ2) is 6.10. The Bertz CT molecular complexity index is 806. The Morgan fingerprint density at radius 2 is 1.64 bits per heavy atom. The van der Waals surface area contributed by atoms with E-state index in [1.165, 1.54) is 6.08 Å². The maximum atomic E-state index is 10.7. The number of rotatable bonds is 4. The number of aliphatic carboxylic acids is 1. The summed E-state index contributed by atoms with van der Waals surface area (Å²) in [4.78, 5) is 10.7. The van der Waals surface area contributed by atoms with Crippen LogP contribution in [0.4, 0.5) is 0 Å². The SMILES string of the molecule is O=C([O-])C=Cc1cn(-c2ccccc2)nc1-c1ccccc1. The van der Waals surface area contributed by atoms with Crippen LogP contribution in [0.2, 0.25) is 0 Å². The molecular weight excluding hydrogens is 276 g/mol. The summed E-state index contributed by atoms with van der Waals surface area (Å²) in [6, 6.07) is 19.3. The number of para-hydroxylation sites is 1. The van der Waals surface area contributed by atoms with Gasteiger partial charge in [-0.05, 0) is 24.3 Å². The van der Waals surface area contributed by atoms with Gasteiger partial charge in [0, 0.05) is 17.3 Å². The lowest BCUT2D eigenvalue weighted by Gasteiger charge is -2.00. The molecule has 0 radical (unpaired) electrons. The maximum absolute atomic E-state index is 10.7. The number of hydrogen-bond acceptors (Lipinski definition) is 3. The van der Waals surface area contributed by atoms with Crippen molar-refractivity contribution in [1.82, 2.24) is 9.78 Å². The molecule has 0 N–H and O–H groups in total. The van der Waals surface area contributed by atoms with Crippen molar-refractivity contribution in [2.24, 2.45) is 0 Å². The summed E-state index contributed by atoms with van der Waals surface area (Å²) >= 11 is 0. The Balaban J connectivity index is 2.11. The van der Waals surface area contributed by atoms with E-state index >= 15 is 0 Å². The van der Waals surface area contributed by atoms with Crippen molar-refractivity contribution in [3.63, 3.8) is 0 Å². The molecule has 4 nitrogen and oxygen atoms in total. The fraction of sp³-hybridized carbons (Fsp3) is 0. The standard InChI is InChI=1S/C18H14N2O2/c21-17(22)12-11-15-13-20(16-9-5-2-6-10-16)19-18(15)14-7-3-1-4-8-14/h1-13H,(H,21,22)/p-1. The summed E-state index contributed by atoms with van der Waals surface area (Å²) in [5.41, 5.74) is 3.28. The third-order valence-corrected chi connectivity index (χ3v) is 3.21. The summed E-state index contributed by atoms with van der Waals surface area (Å²) in [7, 11) is 0. The average Bonchev–Trinajstić information content (AvgIpc) is 2.99. The van der Waals surface area contributed by atoms with Crippen LogP contribution >= 0.6 is 0 Å². The van der Waals surface area contributed by atoms with Gasteiger partial charge in [0.1, 0.15) is 0 Å². The van der Waals surface area contributed by atoms with Crippen LogP contribution in [-0.2, 0) is 4.79 Å². The fourth-order valence-corrected chi connectivity index (χ4v) is 2.20. The van der Waals surface area contributed by atoms with Crippen molar-refractivity contribution in [1.29, 1.82) is 0 Å². The van der Waals surface area contributed by atoms with Crippen LogP contribution in [-0.4, -0.2) is 15.7 Å². The van der Waals surface area contributed by atoms with Gasteiger partial charge in [0.15, 0.2) is 0 Å². The average molecular weight is 289 g/mol. The number of carboxylic acids is 1. The van der Waals surface area contributed by atoms with Gasteiger partial charge in [-0.25, -0.2) is 4.68 Å². The first-order valence-corrected chi connectivity index (χ1v) is 6.83. The van der Waals surface area contributed by atoms with E-state index in [-0.39, 0.29) is 0 Å². The molecule has 3 rings (SSSR count). The second-order valence-electron chi connectivity index (χ2n) is 4.73. The molecule has 0 saturated heterocycles. The summed E-state index contributed by atoms with van der Waals surface area (Å²) in [6.07, 6.45) is 4.32. The van der Waals surface area contributed by atoms with Gasteiger partial charge in [-0.2, -0.15) is 5.10 Å². The highest BCUT2D eigenvalue weighted by Gasteiger charge is 2.09. The zero-order chi connectivity index (χ0) is 15.4. The molecule has 0 fully saturated rings. The fourth-order valence-electron chi connectivity index (χ4n) is 2.20. The molecule has 0 amide bonds. The molecule has 4 heteroatoms. The van der Waals surface area contributed by atoms with Crippen LogP contribution in [0.5, 0.6) is 0 Å².